The molecule has 0 aromatic heterocycles. The predicted octanol–water partition coefficient (Wildman–Crippen LogP) is 0.684. The molecule has 0 aromatic rings. The smallest absolute Gasteiger partial charge is 0.141 e. The van der Waals surface area contributed by atoms with Gasteiger partial charge in [0.25, 0.3) is 0 Å². The zero-order valence-electron chi connectivity index (χ0n) is 5.02. The van der Waals surface area contributed by atoms with Crippen LogP contribution in [0.5, 0.6) is 0 Å². The number of rotatable bonds is 3. The average molecular weight is 123 g/mol. The summed E-state index contributed by atoms with van der Waals surface area (Å²) < 4.78 is 0. The van der Waals surface area contributed by atoms with Gasteiger partial charge >= 0.3 is 0 Å². The number of hydrogen-bond acceptors (Lipinski definition) is 2. The van der Waals surface area contributed by atoms with E-state index in [2.05, 4.69) is 6.58 Å². The Morgan fingerprint density at radius 2 is 2.00 bits per heavy atom. The lowest BCUT2D eigenvalue weighted by Crippen LogP contribution is -2.18. The van der Waals surface area contributed by atoms with Gasteiger partial charge < -0.3 is 5.73 Å². The molecule has 0 heterocycles. The Morgan fingerprint density at radius 3 is 2.33 bits per heavy atom. The van der Waals surface area contributed by atoms with Crippen molar-refractivity contribution in [2.45, 2.75) is 0 Å². The monoisotopic (exact) mass is 123 g/mol. The van der Waals surface area contributed by atoms with Crippen LogP contribution in [0.3, 0.4) is 0 Å². The second kappa shape index (κ2) is 3.60. The number of nitrogens with two attached hydrogens (primary N) is 1. The van der Waals surface area contributed by atoms with Crippen molar-refractivity contribution in [1.82, 2.24) is 0 Å². The Bertz CT molecular complexity index is 167. The molecular formula is C6H9N3. The molecular weight excluding hydrogens is 114 g/mol. The highest BCUT2D eigenvalue weighted by Crippen LogP contribution is 1.76. The van der Waals surface area contributed by atoms with Crippen LogP contribution >= 0.6 is 0 Å². The van der Waals surface area contributed by atoms with Gasteiger partial charge in [-0.2, -0.15) is 0 Å². The van der Waals surface area contributed by atoms with Crippen LogP contribution in [-0.2, 0) is 0 Å². The third-order valence-electron chi connectivity index (χ3n) is 0.689. The zero-order chi connectivity index (χ0) is 7.28. The normalized spacial score (nSPS) is 9.33. The Morgan fingerprint density at radius 1 is 1.44 bits per heavy atom. The van der Waals surface area contributed by atoms with E-state index in [0.717, 1.165) is 0 Å². The lowest BCUT2D eigenvalue weighted by Gasteiger charge is -1.88. The van der Waals surface area contributed by atoms with Crippen molar-refractivity contribution in [3.05, 3.63) is 24.8 Å². The van der Waals surface area contributed by atoms with E-state index in [1.807, 2.05) is 0 Å². The van der Waals surface area contributed by atoms with E-state index < -0.39 is 0 Å². The summed E-state index contributed by atoms with van der Waals surface area (Å²) in [5.41, 5.74) is 4.96. The fourth-order valence-electron chi connectivity index (χ4n) is 0.254. The van der Waals surface area contributed by atoms with Gasteiger partial charge in [-0.05, 0) is 6.08 Å². The lowest BCUT2D eigenvalue weighted by molar-refractivity contribution is 1.45. The van der Waals surface area contributed by atoms with Gasteiger partial charge in [0.05, 0.1) is 5.71 Å². The van der Waals surface area contributed by atoms with Crippen LogP contribution in [0, 0.1) is 10.8 Å². The molecule has 3 nitrogen and oxygen atoms in total. The first-order chi connectivity index (χ1) is 4.18. The van der Waals surface area contributed by atoms with Crippen molar-refractivity contribution in [3.8, 4) is 0 Å². The van der Waals surface area contributed by atoms with E-state index in [1.54, 1.807) is 6.08 Å². The highest BCUT2D eigenvalue weighted by Gasteiger charge is 1.89. The first-order valence-electron chi connectivity index (χ1n) is 2.40. The van der Waals surface area contributed by atoms with Crippen LogP contribution in [0.15, 0.2) is 24.8 Å². The van der Waals surface area contributed by atoms with Crippen LogP contribution in [0.2, 0.25) is 0 Å². The Balaban J connectivity index is 3.92. The molecule has 48 valence electrons. The van der Waals surface area contributed by atoms with Crippen molar-refractivity contribution >= 4 is 11.5 Å². The third-order valence-corrected chi connectivity index (χ3v) is 0.689. The van der Waals surface area contributed by atoms with Gasteiger partial charge in [0, 0.05) is 0 Å². The van der Waals surface area contributed by atoms with Crippen molar-refractivity contribution in [3.63, 3.8) is 0 Å². The maximum atomic E-state index is 6.96. The molecule has 0 aliphatic heterocycles. The zero-order valence-corrected chi connectivity index (χ0v) is 5.02. The van der Waals surface area contributed by atoms with Crippen molar-refractivity contribution in [2.75, 3.05) is 0 Å². The maximum absolute atomic E-state index is 6.96. The van der Waals surface area contributed by atoms with Crippen molar-refractivity contribution < 1.29 is 0 Å². The minimum Gasteiger partial charge on any atom is -0.382 e. The van der Waals surface area contributed by atoms with Gasteiger partial charge in [0.2, 0.25) is 0 Å². The molecule has 0 fully saturated rings. The van der Waals surface area contributed by atoms with E-state index in [1.165, 1.54) is 12.2 Å². The lowest BCUT2D eigenvalue weighted by atomic mass is 10.3. The van der Waals surface area contributed by atoms with Crippen LogP contribution in [-0.4, -0.2) is 11.5 Å². The van der Waals surface area contributed by atoms with Crippen molar-refractivity contribution in [2.24, 2.45) is 5.73 Å². The quantitative estimate of drug-likeness (QED) is 0.288. The summed E-state index contributed by atoms with van der Waals surface area (Å²) >= 11 is 0. The average Bonchev–Trinajstić information content (AvgIpc) is 1.82. The van der Waals surface area contributed by atoms with Gasteiger partial charge in [0.15, 0.2) is 0 Å². The molecule has 0 atom stereocenters. The second-order valence-corrected chi connectivity index (χ2v) is 1.42. The molecule has 4 N–H and O–H groups in total. The van der Waals surface area contributed by atoms with Crippen LogP contribution in [0.1, 0.15) is 0 Å². The van der Waals surface area contributed by atoms with Crippen LogP contribution < -0.4 is 5.73 Å². The molecule has 0 aromatic carbocycles. The fraction of sp³-hybridized carbons (Fsp3) is 0. The standard InChI is InChI=1S/C6H9N3/c1-2-3-4-5(7)6(8)9/h2-4,7H,1H2,(H3,8,9)/b4-3-,7-5?. The Kier molecular flexibility index (Phi) is 3.05. The molecule has 0 saturated heterocycles. The molecule has 0 aliphatic rings. The van der Waals surface area contributed by atoms with Gasteiger partial charge in [0.1, 0.15) is 5.84 Å². The first kappa shape index (κ1) is 7.62. The molecule has 0 rings (SSSR count). The SMILES string of the molecule is C=C/C=C\C(=N)C(=N)N. The summed E-state index contributed by atoms with van der Waals surface area (Å²) in [6.45, 7) is 3.40. The van der Waals surface area contributed by atoms with Crippen LogP contribution in [0.4, 0.5) is 0 Å². The Hall–Kier alpha value is -1.38. The molecule has 0 unspecified atom stereocenters. The summed E-state index contributed by atoms with van der Waals surface area (Å²) in [7, 11) is 0. The first-order valence-corrected chi connectivity index (χ1v) is 2.40. The predicted molar refractivity (Wildman–Crippen MR) is 39.0 cm³/mol. The highest BCUT2D eigenvalue weighted by atomic mass is 14.7. The van der Waals surface area contributed by atoms with Gasteiger partial charge in [-0.15, -0.1) is 0 Å². The second-order valence-electron chi connectivity index (χ2n) is 1.42. The topological polar surface area (TPSA) is 73.7 Å². The molecule has 0 bridgehead atoms. The number of amidine groups is 1. The minimum atomic E-state index is -0.229. The summed E-state index contributed by atoms with van der Waals surface area (Å²) in [4.78, 5) is 0. The molecule has 0 amide bonds. The summed E-state index contributed by atoms with van der Waals surface area (Å²) in [6, 6.07) is 0. The number of allylic oxidation sites excluding steroid dienone is 2. The van der Waals surface area contributed by atoms with Gasteiger partial charge in [-0.25, -0.2) is 0 Å². The molecule has 0 saturated carbocycles. The van der Waals surface area contributed by atoms with E-state index in [4.69, 9.17) is 16.6 Å². The summed E-state index contributed by atoms with van der Waals surface area (Å²) in [6.07, 6.45) is 4.50. The molecule has 9 heavy (non-hydrogen) atoms. The molecule has 0 aliphatic carbocycles. The largest absolute Gasteiger partial charge is 0.382 e. The van der Waals surface area contributed by atoms with Crippen LogP contribution in [0.25, 0.3) is 0 Å². The van der Waals surface area contributed by atoms with Crippen molar-refractivity contribution in [1.29, 1.82) is 10.8 Å². The van der Waals surface area contributed by atoms with Gasteiger partial charge in [-0.3, -0.25) is 10.8 Å². The van der Waals surface area contributed by atoms with E-state index in [-0.39, 0.29) is 11.5 Å². The number of hydrogen-bond donors (Lipinski definition) is 3. The third kappa shape index (κ3) is 3.22. The van der Waals surface area contributed by atoms with E-state index in [0.29, 0.717) is 0 Å². The molecule has 0 spiro atoms. The maximum Gasteiger partial charge on any atom is 0.141 e. The van der Waals surface area contributed by atoms with Gasteiger partial charge in [-0.1, -0.05) is 18.7 Å². The minimum absolute atomic E-state index is 0.00917. The van der Waals surface area contributed by atoms with E-state index in [9.17, 15) is 0 Å². The van der Waals surface area contributed by atoms with E-state index >= 15 is 0 Å². The summed E-state index contributed by atoms with van der Waals surface area (Å²) in [5, 5.41) is 13.7. The number of nitrogens with one attached hydrogen (secondary N) is 2. The Labute approximate surface area is 53.9 Å². The molecule has 0 radical (unpaired) electrons. The fourth-order valence-corrected chi connectivity index (χ4v) is 0.254. The molecule has 3 heteroatoms. The summed E-state index contributed by atoms with van der Waals surface area (Å²) in [5.74, 6) is -0.229. The highest BCUT2D eigenvalue weighted by molar-refractivity contribution is 6.42.